The zero-order valence-corrected chi connectivity index (χ0v) is 9.91. The maximum atomic E-state index is 11.2. The molecule has 0 aromatic heterocycles. The second kappa shape index (κ2) is 5.47. The quantitative estimate of drug-likeness (QED) is 0.864. The number of nitrogens with two attached hydrogens (primary N) is 1. The highest BCUT2D eigenvalue weighted by atomic mass is 16.4. The number of benzene rings is 2. The number of carboxylic acids is 1. The van der Waals surface area contributed by atoms with Gasteiger partial charge in [-0.2, -0.15) is 0 Å². The Kier molecular flexibility index (Phi) is 3.75. The van der Waals surface area contributed by atoms with Gasteiger partial charge in [-0.1, -0.05) is 48.5 Å². The van der Waals surface area contributed by atoms with Crippen LogP contribution in [0, 0.1) is 0 Å². The molecule has 3 nitrogen and oxygen atoms in total. The maximum Gasteiger partial charge on any atom is 0.335 e. The largest absolute Gasteiger partial charge is 0.478 e. The van der Waals surface area contributed by atoms with Gasteiger partial charge < -0.3 is 10.8 Å². The van der Waals surface area contributed by atoms with Crippen LogP contribution >= 0.6 is 0 Å². The van der Waals surface area contributed by atoms with E-state index in [-0.39, 0.29) is 5.92 Å². The van der Waals surface area contributed by atoms with Crippen LogP contribution in [0.5, 0.6) is 0 Å². The Balaban J connectivity index is 2.49. The van der Waals surface area contributed by atoms with Crippen molar-refractivity contribution in [3.8, 4) is 0 Å². The Morgan fingerprint density at radius 3 is 2.28 bits per heavy atom. The second-order valence-corrected chi connectivity index (χ2v) is 4.09. The van der Waals surface area contributed by atoms with Gasteiger partial charge in [-0.3, -0.25) is 0 Å². The van der Waals surface area contributed by atoms with Crippen molar-refractivity contribution in [2.75, 3.05) is 6.54 Å². The summed E-state index contributed by atoms with van der Waals surface area (Å²) in [5.74, 6) is -1.00. The minimum Gasteiger partial charge on any atom is -0.478 e. The van der Waals surface area contributed by atoms with Crippen LogP contribution in [-0.4, -0.2) is 17.6 Å². The minimum atomic E-state index is -0.917. The van der Waals surface area contributed by atoms with Crippen molar-refractivity contribution in [3.63, 3.8) is 0 Å². The third-order valence-electron chi connectivity index (χ3n) is 3.00. The molecule has 1 unspecified atom stereocenters. The predicted octanol–water partition coefficient (Wildman–Crippen LogP) is 2.48. The first-order valence-corrected chi connectivity index (χ1v) is 5.81. The van der Waals surface area contributed by atoms with Gasteiger partial charge in [0.05, 0.1) is 5.56 Å². The molecule has 0 saturated heterocycles. The highest BCUT2D eigenvalue weighted by Crippen LogP contribution is 2.26. The minimum absolute atomic E-state index is 0.0847. The Hall–Kier alpha value is -2.13. The number of hydrogen-bond donors (Lipinski definition) is 2. The summed E-state index contributed by atoms with van der Waals surface area (Å²) >= 11 is 0. The topological polar surface area (TPSA) is 63.3 Å². The van der Waals surface area contributed by atoms with Gasteiger partial charge in [-0.15, -0.1) is 0 Å². The van der Waals surface area contributed by atoms with E-state index in [1.54, 1.807) is 12.1 Å². The number of aromatic carboxylic acids is 1. The van der Waals surface area contributed by atoms with Gasteiger partial charge in [0.25, 0.3) is 0 Å². The molecule has 0 saturated carbocycles. The summed E-state index contributed by atoms with van der Waals surface area (Å²) in [5, 5.41) is 9.22. The molecule has 18 heavy (non-hydrogen) atoms. The first-order valence-electron chi connectivity index (χ1n) is 5.81. The smallest absolute Gasteiger partial charge is 0.335 e. The molecule has 1 atom stereocenters. The van der Waals surface area contributed by atoms with Gasteiger partial charge in [0.1, 0.15) is 0 Å². The van der Waals surface area contributed by atoms with Crippen molar-refractivity contribution in [2.45, 2.75) is 5.92 Å². The summed E-state index contributed by atoms with van der Waals surface area (Å²) < 4.78 is 0. The Bertz CT molecular complexity index is 537. The van der Waals surface area contributed by atoms with Gasteiger partial charge in [-0.05, 0) is 17.2 Å². The SMILES string of the molecule is NCC(c1ccccc1)c1ccccc1C(=O)O. The second-order valence-electron chi connectivity index (χ2n) is 4.09. The number of hydrogen-bond acceptors (Lipinski definition) is 2. The van der Waals surface area contributed by atoms with Gasteiger partial charge in [0.15, 0.2) is 0 Å². The lowest BCUT2D eigenvalue weighted by molar-refractivity contribution is 0.0695. The molecule has 2 rings (SSSR count). The third-order valence-corrected chi connectivity index (χ3v) is 3.00. The van der Waals surface area contributed by atoms with Gasteiger partial charge in [-0.25, -0.2) is 4.79 Å². The standard InChI is InChI=1S/C15H15NO2/c16-10-14(11-6-2-1-3-7-11)12-8-4-5-9-13(12)15(17)18/h1-9,14H,10,16H2,(H,17,18). The summed E-state index contributed by atoms with van der Waals surface area (Å²) in [6, 6.07) is 16.7. The monoisotopic (exact) mass is 241 g/mol. The lowest BCUT2D eigenvalue weighted by Crippen LogP contribution is -2.17. The van der Waals surface area contributed by atoms with Gasteiger partial charge >= 0.3 is 5.97 Å². The van der Waals surface area contributed by atoms with E-state index >= 15 is 0 Å². The lowest BCUT2D eigenvalue weighted by Gasteiger charge is -2.17. The van der Waals surface area contributed by atoms with Crippen molar-refractivity contribution in [3.05, 3.63) is 71.3 Å². The van der Waals surface area contributed by atoms with Gasteiger partial charge in [0.2, 0.25) is 0 Å². The molecule has 3 N–H and O–H groups in total. The molecule has 3 heteroatoms. The van der Waals surface area contributed by atoms with E-state index in [1.807, 2.05) is 42.5 Å². The fourth-order valence-electron chi connectivity index (χ4n) is 2.12. The highest BCUT2D eigenvalue weighted by molar-refractivity contribution is 5.89. The molecule has 0 radical (unpaired) electrons. The molecular formula is C15H15NO2. The Labute approximate surface area is 106 Å². The molecule has 2 aromatic carbocycles. The number of carbonyl (C=O) groups is 1. The molecule has 0 fully saturated rings. The maximum absolute atomic E-state index is 11.2. The highest BCUT2D eigenvalue weighted by Gasteiger charge is 2.18. The first kappa shape index (κ1) is 12.3. The summed E-state index contributed by atoms with van der Waals surface area (Å²) in [5.41, 5.74) is 7.93. The van der Waals surface area contributed by atoms with Crippen LogP contribution in [0.3, 0.4) is 0 Å². The van der Waals surface area contributed by atoms with E-state index in [1.165, 1.54) is 0 Å². The molecule has 0 amide bonds. The van der Waals surface area contributed by atoms with Crippen molar-refractivity contribution >= 4 is 5.97 Å². The average Bonchev–Trinajstić information content (AvgIpc) is 2.41. The molecule has 92 valence electrons. The first-order chi connectivity index (χ1) is 8.74. The Morgan fingerprint density at radius 1 is 1.06 bits per heavy atom. The van der Waals surface area contributed by atoms with E-state index in [0.29, 0.717) is 12.1 Å². The fraction of sp³-hybridized carbons (Fsp3) is 0.133. The van der Waals surface area contributed by atoms with Crippen molar-refractivity contribution < 1.29 is 9.90 Å². The van der Waals surface area contributed by atoms with Crippen LogP contribution in [0.2, 0.25) is 0 Å². The van der Waals surface area contributed by atoms with Crippen LogP contribution in [0.25, 0.3) is 0 Å². The van der Waals surface area contributed by atoms with Crippen molar-refractivity contribution in [1.29, 1.82) is 0 Å². The summed E-state index contributed by atoms with van der Waals surface area (Å²) in [6.07, 6.45) is 0. The van der Waals surface area contributed by atoms with E-state index in [0.717, 1.165) is 11.1 Å². The molecule has 0 bridgehead atoms. The molecule has 0 aliphatic carbocycles. The van der Waals surface area contributed by atoms with Crippen LogP contribution in [0.1, 0.15) is 27.4 Å². The van der Waals surface area contributed by atoms with Crippen LogP contribution < -0.4 is 5.73 Å². The summed E-state index contributed by atoms with van der Waals surface area (Å²) in [6.45, 7) is 0.383. The Morgan fingerprint density at radius 2 is 1.67 bits per heavy atom. The molecule has 0 aliphatic heterocycles. The van der Waals surface area contributed by atoms with Crippen LogP contribution in [0.15, 0.2) is 54.6 Å². The predicted molar refractivity (Wildman–Crippen MR) is 70.7 cm³/mol. The summed E-state index contributed by atoms with van der Waals surface area (Å²) in [4.78, 5) is 11.2. The molecule has 0 spiro atoms. The van der Waals surface area contributed by atoms with E-state index in [9.17, 15) is 9.90 Å². The van der Waals surface area contributed by atoms with E-state index in [2.05, 4.69) is 0 Å². The van der Waals surface area contributed by atoms with Crippen LogP contribution in [-0.2, 0) is 0 Å². The lowest BCUT2D eigenvalue weighted by atomic mass is 9.88. The normalized spacial score (nSPS) is 12.1. The zero-order valence-electron chi connectivity index (χ0n) is 9.91. The van der Waals surface area contributed by atoms with E-state index < -0.39 is 5.97 Å². The fourth-order valence-corrected chi connectivity index (χ4v) is 2.12. The molecular weight excluding hydrogens is 226 g/mol. The van der Waals surface area contributed by atoms with E-state index in [4.69, 9.17) is 5.73 Å². The third kappa shape index (κ3) is 2.41. The average molecular weight is 241 g/mol. The van der Waals surface area contributed by atoms with Crippen molar-refractivity contribution in [2.24, 2.45) is 5.73 Å². The molecule has 0 heterocycles. The number of carboxylic acid groups (broad SMARTS) is 1. The van der Waals surface area contributed by atoms with Crippen molar-refractivity contribution in [1.82, 2.24) is 0 Å². The summed E-state index contributed by atoms with van der Waals surface area (Å²) in [7, 11) is 0. The van der Waals surface area contributed by atoms with Gasteiger partial charge in [0, 0.05) is 12.5 Å². The molecule has 2 aromatic rings. The number of rotatable bonds is 4. The molecule has 0 aliphatic rings. The zero-order chi connectivity index (χ0) is 13.0. The van der Waals surface area contributed by atoms with Crippen LogP contribution in [0.4, 0.5) is 0 Å².